The van der Waals surface area contributed by atoms with Crippen molar-refractivity contribution < 1.29 is 24.2 Å². The van der Waals surface area contributed by atoms with Gasteiger partial charge in [-0.05, 0) is 71.6 Å². The average molecular weight is 478 g/mol. The van der Waals surface area contributed by atoms with Crippen LogP contribution < -0.4 is 10.6 Å². The Balaban J connectivity index is 3.49. The number of amides is 3. The van der Waals surface area contributed by atoms with E-state index >= 15 is 0 Å². The predicted octanol–water partition coefficient (Wildman–Crippen LogP) is 4.53. The first-order valence-corrected chi connectivity index (χ1v) is 12.0. The molecule has 34 heavy (non-hydrogen) atoms. The molecule has 3 N–H and O–H groups in total. The molecule has 0 saturated carbocycles. The number of alkyl carbamates (subject to hydrolysis) is 1. The predicted molar refractivity (Wildman–Crippen MR) is 133 cm³/mol. The zero-order chi connectivity index (χ0) is 26.3. The lowest BCUT2D eigenvalue weighted by molar-refractivity contribution is -0.149. The summed E-state index contributed by atoms with van der Waals surface area (Å²) in [4.78, 5) is 41.4. The first-order valence-electron chi connectivity index (χ1n) is 12.0. The van der Waals surface area contributed by atoms with Crippen molar-refractivity contribution in [2.45, 2.75) is 98.4 Å². The van der Waals surface area contributed by atoms with E-state index in [-0.39, 0.29) is 17.6 Å². The van der Waals surface area contributed by atoms with Gasteiger partial charge >= 0.3 is 6.09 Å². The summed E-state index contributed by atoms with van der Waals surface area (Å²) >= 11 is 0. The molecule has 0 radical (unpaired) electrons. The van der Waals surface area contributed by atoms with Crippen LogP contribution in [0.15, 0.2) is 24.3 Å². The highest BCUT2D eigenvalue weighted by atomic mass is 16.6. The number of phenols is 1. The Bertz CT molecular complexity index is 840. The van der Waals surface area contributed by atoms with Crippen LogP contribution in [0.1, 0.15) is 86.8 Å². The van der Waals surface area contributed by atoms with Crippen molar-refractivity contribution in [1.29, 1.82) is 0 Å². The first-order chi connectivity index (χ1) is 15.6. The number of hydrogen-bond donors (Lipinski definition) is 3. The van der Waals surface area contributed by atoms with E-state index in [1.807, 2.05) is 41.5 Å². The van der Waals surface area contributed by atoms with Gasteiger partial charge in [-0.2, -0.15) is 0 Å². The van der Waals surface area contributed by atoms with Crippen LogP contribution in [0.4, 0.5) is 4.79 Å². The van der Waals surface area contributed by atoms with E-state index in [9.17, 15) is 19.5 Å². The third-order valence-corrected chi connectivity index (χ3v) is 5.09. The zero-order valence-corrected chi connectivity index (χ0v) is 22.2. The number of nitrogens with zero attached hydrogens (tertiary/aromatic N) is 1. The number of carbonyl (C=O) groups is 3. The lowest BCUT2D eigenvalue weighted by atomic mass is 9.93. The number of unbranched alkanes of at least 4 members (excludes halogenated alkanes) is 1. The van der Waals surface area contributed by atoms with E-state index in [0.717, 1.165) is 12.8 Å². The van der Waals surface area contributed by atoms with Gasteiger partial charge in [0.2, 0.25) is 11.8 Å². The van der Waals surface area contributed by atoms with Gasteiger partial charge in [0.25, 0.3) is 0 Å². The molecule has 8 nitrogen and oxygen atoms in total. The molecular formula is C26H43N3O5. The van der Waals surface area contributed by atoms with Crippen LogP contribution in [-0.4, -0.2) is 51.6 Å². The fourth-order valence-corrected chi connectivity index (χ4v) is 3.54. The van der Waals surface area contributed by atoms with Crippen LogP contribution in [0, 0.1) is 5.92 Å². The third kappa shape index (κ3) is 8.88. The second-order valence-corrected chi connectivity index (χ2v) is 10.9. The molecule has 3 amide bonds. The van der Waals surface area contributed by atoms with Crippen LogP contribution in [0.2, 0.25) is 0 Å². The summed E-state index contributed by atoms with van der Waals surface area (Å²) < 4.78 is 5.37. The highest BCUT2D eigenvalue weighted by Gasteiger charge is 2.42. The lowest BCUT2D eigenvalue weighted by Crippen LogP contribution is -2.59. The Morgan fingerprint density at radius 3 is 2.18 bits per heavy atom. The number of benzene rings is 1. The minimum absolute atomic E-state index is 0.00236. The van der Waals surface area contributed by atoms with Crippen molar-refractivity contribution >= 4 is 17.9 Å². The van der Waals surface area contributed by atoms with Crippen LogP contribution >= 0.6 is 0 Å². The summed E-state index contributed by atoms with van der Waals surface area (Å²) in [5, 5.41) is 15.7. The first kappa shape index (κ1) is 29.3. The molecule has 2 unspecified atom stereocenters. The van der Waals surface area contributed by atoms with Gasteiger partial charge in [-0.3, -0.25) is 9.59 Å². The SMILES string of the molecule is CCCCNC(=O)C(c1cccc(O)c1)N(C(=O)C(NC(=O)OC(C)(C)C)C(C)C)C(C)(C)C. The van der Waals surface area contributed by atoms with Crippen molar-refractivity contribution in [3.05, 3.63) is 29.8 Å². The molecular weight excluding hydrogens is 434 g/mol. The van der Waals surface area contributed by atoms with Crippen molar-refractivity contribution in [1.82, 2.24) is 15.5 Å². The fourth-order valence-electron chi connectivity index (χ4n) is 3.54. The molecule has 1 aromatic rings. The fraction of sp³-hybridized carbons (Fsp3) is 0.654. The quantitative estimate of drug-likeness (QED) is 0.453. The second-order valence-electron chi connectivity index (χ2n) is 10.9. The molecule has 0 aliphatic heterocycles. The summed E-state index contributed by atoms with van der Waals surface area (Å²) in [5.41, 5.74) is -1.02. The molecule has 192 valence electrons. The normalized spacial score (nSPS) is 13.7. The Morgan fingerprint density at radius 2 is 1.71 bits per heavy atom. The smallest absolute Gasteiger partial charge is 0.408 e. The highest BCUT2D eigenvalue weighted by molar-refractivity contribution is 5.92. The number of carbonyl (C=O) groups excluding carboxylic acids is 3. The molecule has 0 aromatic heterocycles. The molecule has 8 heteroatoms. The van der Waals surface area contributed by atoms with Crippen LogP contribution in [-0.2, 0) is 14.3 Å². The van der Waals surface area contributed by atoms with Crippen LogP contribution in [0.25, 0.3) is 0 Å². The van der Waals surface area contributed by atoms with Gasteiger partial charge in [-0.15, -0.1) is 0 Å². The van der Waals surface area contributed by atoms with E-state index in [1.165, 1.54) is 17.0 Å². The molecule has 0 heterocycles. The molecule has 0 aliphatic carbocycles. The average Bonchev–Trinajstić information content (AvgIpc) is 2.67. The van der Waals surface area contributed by atoms with Gasteiger partial charge in [0, 0.05) is 12.1 Å². The molecule has 1 aromatic carbocycles. The van der Waals surface area contributed by atoms with E-state index < -0.39 is 35.2 Å². The summed E-state index contributed by atoms with van der Waals surface area (Å²) in [6.07, 6.45) is 1.01. The van der Waals surface area contributed by atoms with Gasteiger partial charge in [-0.25, -0.2) is 4.79 Å². The maximum absolute atomic E-state index is 14.0. The Kier molecular flexibility index (Phi) is 10.4. The molecule has 0 fully saturated rings. The molecule has 2 atom stereocenters. The zero-order valence-electron chi connectivity index (χ0n) is 22.2. The Morgan fingerprint density at radius 1 is 1.09 bits per heavy atom. The van der Waals surface area contributed by atoms with Crippen molar-refractivity contribution in [2.24, 2.45) is 5.92 Å². The van der Waals surface area contributed by atoms with Crippen molar-refractivity contribution in [3.63, 3.8) is 0 Å². The van der Waals surface area contributed by atoms with Gasteiger partial charge in [-0.1, -0.05) is 39.3 Å². The van der Waals surface area contributed by atoms with Crippen LogP contribution in [0.5, 0.6) is 5.75 Å². The highest BCUT2D eigenvalue weighted by Crippen LogP contribution is 2.32. The Hall–Kier alpha value is -2.77. The molecule has 0 aliphatic rings. The van der Waals surface area contributed by atoms with Gasteiger partial charge in [0.15, 0.2) is 0 Å². The molecule has 0 saturated heterocycles. The summed E-state index contributed by atoms with van der Waals surface area (Å²) in [7, 11) is 0. The monoisotopic (exact) mass is 477 g/mol. The number of aromatic hydroxyl groups is 1. The van der Waals surface area contributed by atoms with Gasteiger partial charge in [0.1, 0.15) is 23.4 Å². The third-order valence-electron chi connectivity index (χ3n) is 5.09. The van der Waals surface area contributed by atoms with Crippen molar-refractivity contribution in [2.75, 3.05) is 6.54 Å². The molecule has 1 rings (SSSR count). The lowest BCUT2D eigenvalue weighted by Gasteiger charge is -2.43. The van der Waals surface area contributed by atoms with E-state index in [0.29, 0.717) is 12.1 Å². The number of hydrogen-bond acceptors (Lipinski definition) is 5. The molecule has 0 spiro atoms. The number of rotatable bonds is 9. The number of nitrogens with one attached hydrogen (secondary N) is 2. The van der Waals surface area contributed by atoms with E-state index in [2.05, 4.69) is 10.6 Å². The van der Waals surface area contributed by atoms with Gasteiger partial charge in [0.05, 0.1) is 0 Å². The van der Waals surface area contributed by atoms with E-state index in [1.54, 1.807) is 32.9 Å². The second kappa shape index (κ2) is 12.1. The number of phenolic OH excluding ortho intramolecular Hbond substituents is 1. The minimum atomic E-state index is -1.00. The summed E-state index contributed by atoms with van der Waals surface area (Å²) in [5.74, 6) is -1.02. The summed E-state index contributed by atoms with van der Waals surface area (Å²) in [6, 6.07) is 4.43. The largest absolute Gasteiger partial charge is 0.508 e. The Labute approximate surface area is 204 Å². The maximum Gasteiger partial charge on any atom is 0.408 e. The van der Waals surface area contributed by atoms with E-state index in [4.69, 9.17) is 4.74 Å². The maximum atomic E-state index is 14.0. The standard InChI is InChI=1S/C26H43N3O5/c1-10-11-15-27-22(31)21(18-13-12-14-19(30)16-18)29(25(4,5)6)23(32)20(17(2)3)28-24(33)34-26(7,8)9/h12-14,16-17,20-21,30H,10-11,15H2,1-9H3,(H,27,31)(H,28,33). The van der Waals surface area contributed by atoms with Crippen molar-refractivity contribution in [3.8, 4) is 5.75 Å². The minimum Gasteiger partial charge on any atom is -0.508 e. The topological polar surface area (TPSA) is 108 Å². The summed E-state index contributed by atoms with van der Waals surface area (Å²) in [6.45, 7) is 16.9. The number of ether oxygens (including phenoxy) is 1. The van der Waals surface area contributed by atoms with Crippen LogP contribution in [0.3, 0.4) is 0 Å². The molecule has 0 bridgehead atoms. The van der Waals surface area contributed by atoms with Gasteiger partial charge < -0.3 is 25.4 Å².